The first-order valence-corrected chi connectivity index (χ1v) is 9.73. The second-order valence-electron chi connectivity index (χ2n) is 5.95. The SMILES string of the molecule is Cc1csc(NC(=O)c2cc(-c3ccc(Cl)c(Cl)c3)nc3ccccc23)n1. The number of anilines is 1. The zero-order chi connectivity index (χ0) is 19.0. The van der Waals surface area contributed by atoms with Gasteiger partial charge in [-0.3, -0.25) is 10.1 Å². The van der Waals surface area contributed by atoms with Crippen molar-refractivity contribution in [2.24, 2.45) is 0 Å². The number of aromatic nitrogens is 2. The van der Waals surface area contributed by atoms with Gasteiger partial charge in [-0.15, -0.1) is 11.3 Å². The van der Waals surface area contributed by atoms with Crippen molar-refractivity contribution in [3.8, 4) is 11.3 Å². The van der Waals surface area contributed by atoms with Crippen molar-refractivity contribution >= 4 is 56.5 Å². The standard InChI is InChI=1S/C20H13Cl2N3OS/c1-11-10-27-20(23-11)25-19(26)14-9-18(12-6-7-15(21)16(22)8-12)24-17-5-3-2-4-13(14)17/h2-10H,1H3,(H,23,25,26). The number of pyridine rings is 1. The Labute approximate surface area is 169 Å². The Morgan fingerprint density at radius 3 is 2.59 bits per heavy atom. The van der Waals surface area contributed by atoms with Crippen LogP contribution in [0.1, 0.15) is 16.1 Å². The lowest BCUT2D eigenvalue weighted by Gasteiger charge is -2.10. The lowest BCUT2D eigenvalue weighted by molar-refractivity contribution is 0.102. The highest BCUT2D eigenvalue weighted by Crippen LogP contribution is 2.30. The van der Waals surface area contributed by atoms with E-state index in [1.165, 1.54) is 11.3 Å². The second kappa shape index (κ2) is 7.27. The molecule has 0 radical (unpaired) electrons. The number of rotatable bonds is 3. The van der Waals surface area contributed by atoms with Crippen LogP contribution in [0.4, 0.5) is 5.13 Å². The van der Waals surface area contributed by atoms with Gasteiger partial charge in [-0.2, -0.15) is 0 Å². The first-order chi connectivity index (χ1) is 13.0. The molecule has 1 amide bonds. The first kappa shape index (κ1) is 17.9. The van der Waals surface area contributed by atoms with Gasteiger partial charge in [0, 0.05) is 16.3 Å². The van der Waals surface area contributed by atoms with E-state index < -0.39 is 0 Å². The minimum absolute atomic E-state index is 0.232. The highest BCUT2D eigenvalue weighted by Gasteiger charge is 2.15. The minimum Gasteiger partial charge on any atom is -0.298 e. The van der Waals surface area contributed by atoms with E-state index in [1.807, 2.05) is 42.6 Å². The Kier molecular flexibility index (Phi) is 4.83. The van der Waals surface area contributed by atoms with Gasteiger partial charge >= 0.3 is 0 Å². The Hall–Kier alpha value is -2.47. The number of amides is 1. The molecule has 4 nitrogen and oxygen atoms in total. The minimum atomic E-state index is -0.232. The molecule has 0 aliphatic rings. The third kappa shape index (κ3) is 3.67. The van der Waals surface area contributed by atoms with Crippen LogP contribution < -0.4 is 5.32 Å². The molecule has 2 aromatic heterocycles. The van der Waals surface area contributed by atoms with Crippen LogP contribution in [0.3, 0.4) is 0 Å². The fourth-order valence-electron chi connectivity index (χ4n) is 2.74. The molecule has 4 aromatic rings. The van der Waals surface area contributed by atoms with Crippen LogP contribution in [0.25, 0.3) is 22.2 Å². The summed E-state index contributed by atoms with van der Waals surface area (Å²) in [6.07, 6.45) is 0. The normalized spacial score (nSPS) is 10.9. The van der Waals surface area contributed by atoms with Gasteiger partial charge in [0.1, 0.15) is 0 Å². The van der Waals surface area contributed by atoms with E-state index >= 15 is 0 Å². The van der Waals surface area contributed by atoms with Crippen LogP contribution in [0, 0.1) is 6.92 Å². The molecule has 2 aromatic carbocycles. The van der Waals surface area contributed by atoms with Crippen LogP contribution in [-0.4, -0.2) is 15.9 Å². The van der Waals surface area contributed by atoms with Crippen molar-refractivity contribution in [3.05, 3.63) is 75.2 Å². The molecule has 0 aliphatic heterocycles. The van der Waals surface area contributed by atoms with Crippen LogP contribution in [0.5, 0.6) is 0 Å². The molecule has 7 heteroatoms. The molecule has 0 unspecified atom stereocenters. The number of benzene rings is 2. The van der Waals surface area contributed by atoms with Crippen molar-refractivity contribution in [1.82, 2.24) is 9.97 Å². The van der Waals surface area contributed by atoms with Gasteiger partial charge < -0.3 is 0 Å². The maximum Gasteiger partial charge on any atom is 0.258 e. The second-order valence-corrected chi connectivity index (χ2v) is 7.62. The number of halogens is 2. The Balaban J connectivity index is 1.83. The highest BCUT2D eigenvalue weighted by atomic mass is 35.5. The summed E-state index contributed by atoms with van der Waals surface area (Å²) in [6.45, 7) is 1.89. The van der Waals surface area contributed by atoms with Gasteiger partial charge in [-0.25, -0.2) is 9.97 Å². The predicted octanol–water partition coefficient (Wildman–Crippen LogP) is 6.23. The van der Waals surface area contributed by atoms with Gasteiger partial charge in [0.05, 0.1) is 32.5 Å². The molecule has 0 saturated heterocycles. The maximum atomic E-state index is 12.9. The largest absolute Gasteiger partial charge is 0.298 e. The molecule has 27 heavy (non-hydrogen) atoms. The quantitative estimate of drug-likeness (QED) is 0.433. The van der Waals surface area contributed by atoms with E-state index in [-0.39, 0.29) is 5.91 Å². The topological polar surface area (TPSA) is 54.9 Å². The third-order valence-electron chi connectivity index (χ3n) is 4.02. The van der Waals surface area contributed by atoms with Crippen LogP contribution in [0.2, 0.25) is 10.0 Å². The predicted molar refractivity (Wildman–Crippen MR) is 112 cm³/mol. The molecule has 134 valence electrons. The summed E-state index contributed by atoms with van der Waals surface area (Å²) in [5, 5.41) is 7.00. The average Bonchev–Trinajstić information content (AvgIpc) is 3.07. The van der Waals surface area contributed by atoms with Gasteiger partial charge in [-0.1, -0.05) is 47.5 Å². The first-order valence-electron chi connectivity index (χ1n) is 8.10. The number of thiazole rings is 1. The smallest absolute Gasteiger partial charge is 0.258 e. The number of fused-ring (bicyclic) bond motifs is 1. The van der Waals surface area contributed by atoms with E-state index in [4.69, 9.17) is 23.2 Å². The van der Waals surface area contributed by atoms with E-state index in [2.05, 4.69) is 15.3 Å². The highest BCUT2D eigenvalue weighted by molar-refractivity contribution is 7.13. The third-order valence-corrected chi connectivity index (χ3v) is 5.63. The number of para-hydroxylation sites is 1. The lowest BCUT2D eigenvalue weighted by Crippen LogP contribution is -2.13. The Morgan fingerprint density at radius 2 is 1.85 bits per heavy atom. The number of hydrogen-bond donors (Lipinski definition) is 1. The van der Waals surface area contributed by atoms with Gasteiger partial charge in [0.2, 0.25) is 0 Å². The summed E-state index contributed by atoms with van der Waals surface area (Å²) in [5.41, 5.74) is 3.55. The van der Waals surface area contributed by atoms with Crippen molar-refractivity contribution in [2.45, 2.75) is 6.92 Å². The van der Waals surface area contributed by atoms with E-state index in [0.717, 1.165) is 22.2 Å². The molecule has 0 spiro atoms. The van der Waals surface area contributed by atoms with Crippen molar-refractivity contribution in [1.29, 1.82) is 0 Å². The maximum absolute atomic E-state index is 12.9. The molecule has 0 saturated carbocycles. The molecule has 0 atom stereocenters. The summed E-state index contributed by atoms with van der Waals surface area (Å²) in [5.74, 6) is -0.232. The zero-order valence-electron chi connectivity index (χ0n) is 14.2. The Bertz CT molecular complexity index is 1170. The summed E-state index contributed by atoms with van der Waals surface area (Å²) >= 11 is 13.6. The van der Waals surface area contributed by atoms with E-state index in [9.17, 15) is 4.79 Å². The summed E-state index contributed by atoms with van der Waals surface area (Å²) in [6, 6.07) is 14.6. The fraction of sp³-hybridized carbons (Fsp3) is 0.0500. The van der Waals surface area contributed by atoms with E-state index in [1.54, 1.807) is 18.2 Å². The van der Waals surface area contributed by atoms with Crippen LogP contribution in [0.15, 0.2) is 53.9 Å². The van der Waals surface area contributed by atoms with Crippen LogP contribution >= 0.6 is 34.5 Å². The molecule has 0 fully saturated rings. The molecule has 0 aliphatic carbocycles. The van der Waals surface area contributed by atoms with Crippen molar-refractivity contribution in [2.75, 3.05) is 5.32 Å². The van der Waals surface area contributed by atoms with E-state index in [0.29, 0.717) is 26.4 Å². The summed E-state index contributed by atoms with van der Waals surface area (Å²) < 4.78 is 0. The monoisotopic (exact) mass is 413 g/mol. The lowest BCUT2D eigenvalue weighted by atomic mass is 10.0. The number of hydrogen-bond acceptors (Lipinski definition) is 4. The molecular weight excluding hydrogens is 401 g/mol. The van der Waals surface area contributed by atoms with Crippen LogP contribution in [-0.2, 0) is 0 Å². The zero-order valence-corrected chi connectivity index (χ0v) is 16.5. The molecular formula is C20H13Cl2N3OS. The fourth-order valence-corrected chi connectivity index (χ4v) is 3.72. The Morgan fingerprint density at radius 1 is 1.04 bits per heavy atom. The van der Waals surface area contributed by atoms with Crippen molar-refractivity contribution in [3.63, 3.8) is 0 Å². The molecule has 0 bridgehead atoms. The molecule has 1 N–H and O–H groups in total. The molecule has 4 rings (SSSR count). The number of carbonyl (C=O) groups excluding carboxylic acids is 1. The summed E-state index contributed by atoms with van der Waals surface area (Å²) in [4.78, 5) is 21.9. The number of aryl methyl sites for hydroxylation is 1. The van der Waals surface area contributed by atoms with Crippen molar-refractivity contribution < 1.29 is 4.79 Å². The number of nitrogens with zero attached hydrogens (tertiary/aromatic N) is 2. The van der Waals surface area contributed by atoms with Gasteiger partial charge in [0.25, 0.3) is 5.91 Å². The summed E-state index contributed by atoms with van der Waals surface area (Å²) in [7, 11) is 0. The average molecular weight is 414 g/mol. The number of carbonyl (C=O) groups is 1. The van der Waals surface area contributed by atoms with Gasteiger partial charge in [0.15, 0.2) is 5.13 Å². The molecule has 2 heterocycles. The number of nitrogens with one attached hydrogen (secondary N) is 1. The van der Waals surface area contributed by atoms with Gasteiger partial charge in [-0.05, 0) is 31.2 Å².